The molecule has 5 rings (SSSR count). The maximum Gasteiger partial charge on any atom is 0.260 e. The Morgan fingerprint density at radius 2 is 1.83 bits per heavy atom. The summed E-state index contributed by atoms with van der Waals surface area (Å²) in [4.78, 5) is 22.9. The van der Waals surface area contributed by atoms with Crippen LogP contribution < -0.4 is 19.8 Å². The molecule has 1 N–H and O–H groups in total. The van der Waals surface area contributed by atoms with E-state index in [1.165, 1.54) is 22.4 Å². The number of aromatic amines is 1. The second kappa shape index (κ2) is 10.4. The minimum absolute atomic E-state index is 0.0768. The molecule has 0 saturated heterocycles. The summed E-state index contributed by atoms with van der Waals surface area (Å²) in [6.07, 6.45) is 4.29. The summed E-state index contributed by atoms with van der Waals surface area (Å²) in [7, 11) is 0. The Kier molecular flexibility index (Phi) is 7.11. The highest BCUT2D eigenvalue weighted by atomic mass is 79.9. The second-order valence-corrected chi connectivity index (χ2v) is 10.5. The Bertz CT molecular complexity index is 1410. The number of fused-ring (bicyclic) bond motifs is 3. The van der Waals surface area contributed by atoms with E-state index in [4.69, 9.17) is 19.2 Å². The smallest absolute Gasteiger partial charge is 0.260 e. The van der Waals surface area contributed by atoms with Crippen molar-refractivity contribution in [1.82, 2.24) is 9.97 Å². The molecule has 6 nitrogen and oxygen atoms in total. The van der Waals surface area contributed by atoms with E-state index in [0.717, 1.165) is 45.3 Å². The Labute approximate surface area is 216 Å². The Morgan fingerprint density at radius 1 is 1.06 bits per heavy atom. The van der Waals surface area contributed by atoms with Gasteiger partial charge >= 0.3 is 0 Å². The standard InChI is InChI=1S/C27H27BrN2O4S/c1-3-32-21-15-17(14-20(28)24(21)34-13-12-33-18-10-8-16(2)9-11-18)25-29-26(31)23-19-6-4-5-7-22(19)35-27(23)30-25/h8-11,14-15H,3-7,12-13H2,1-2H3,(H,29,30,31). The summed E-state index contributed by atoms with van der Waals surface area (Å²) < 4.78 is 18.4. The zero-order valence-electron chi connectivity index (χ0n) is 19.8. The van der Waals surface area contributed by atoms with Crippen LogP contribution in [0.15, 0.2) is 45.7 Å². The maximum atomic E-state index is 13.0. The quantitative estimate of drug-likeness (QED) is 0.253. The highest BCUT2D eigenvalue weighted by Crippen LogP contribution is 2.40. The van der Waals surface area contributed by atoms with Crippen LogP contribution >= 0.6 is 27.3 Å². The molecule has 0 saturated carbocycles. The van der Waals surface area contributed by atoms with Crippen molar-refractivity contribution in [3.05, 3.63) is 67.2 Å². The third-order valence-electron chi connectivity index (χ3n) is 6.03. The first-order chi connectivity index (χ1) is 17.0. The molecule has 0 amide bonds. The van der Waals surface area contributed by atoms with Gasteiger partial charge < -0.3 is 19.2 Å². The number of H-pyrrole nitrogens is 1. The highest BCUT2D eigenvalue weighted by molar-refractivity contribution is 9.10. The molecule has 0 spiro atoms. The lowest BCUT2D eigenvalue weighted by molar-refractivity contribution is 0.207. The van der Waals surface area contributed by atoms with Gasteiger partial charge in [-0.2, -0.15) is 0 Å². The SMILES string of the molecule is CCOc1cc(-c2nc3sc4c(c3c(=O)[nH]2)CCCC4)cc(Br)c1OCCOc1ccc(C)cc1. The molecule has 0 unspecified atom stereocenters. The molecule has 35 heavy (non-hydrogen) atoms. The van der Waals surface area contributed by atoms with Crippen molar-refractivity contribution >= 4 is 37.5 Å². The molecule has 0 radical (unpaired) electrons. The molecule has 0 bridgehead atoms. The van der Waals surface area contributed by atoms with Gasteiger partial charge in [-0.15, -0.1) is 11.3 Å². The molecule has 8 heteroatoms. The van der Waals surface area contributed by atoms with Crippen LogP contribution in [0.1, 0.15) is 35.8 Å². The van der Waals surface area contributed by atoms with E-state index in [2.05, 4.69) is 20.9 Å². The van der Waals surface area contributed by atoms with Crippen LogP contribution in [0.25, 0.3) is 21.6 Å². The van der Waals surface area contributed by atoms with E-state index in [1.807, 2.05) is 50.2 Å². The number of benzene rings is 2. The molecule has 2 aromatic carbocycles. The minimum atomic E-state index is -0.0768. The van der Waals surface area contributed by atoms with Crippen LogP contribution in [0, 0.1) is 6.92 Å². The number of hydrogen-bond donors (Lipinski definition) is 1. The molecule has 0 fully saturated rings. The van der Waals surface area contributed by atoms with E-state index >= 15 is 0 Å². The van der Waals surface area contributed by atoms with Gasteiger partial charge in [0.15, 0.2) is 11.5 Å². The maximum absolute atomic E-state index is 13.0. The molecule has 182 valence electrons. The number of nitrogens with one attached hydrogen (secondary N) is 1. The number of aryl methyl sites for hydroxylation is 3. The first kappa shape index (κ1) is 23.9. The zero-order chi connectivity index (χ0) is 24.4. The number of nitrogens with zero attached hydrogens (tertiary/aromatic N) is 1. The molecular formula is C27H27BrN2O4S. The predicted octanol–water partition coefficient (Wildman–Crippen LogP) is 6.46. The fourth-order valence-electron chi connectivity index (χ4n) is 4.35. The number of ether oxygens (including phenoxy) is 3. The summed E-state index contributed by atoms with van der Waals surface area (Å²) in [5, 5.41) is 0.756. The number of thiophene rings is 1. The zero-order valence-corrected chi connectivity index (χ0v) is 22.2. The number of aromatic nitrogens is 2. The van der Waals surface area contributed by atoms with Crippen molar-refractivity contribution in [2.24, 2.45) is 0 Å². The first-order valence-electron chi connectivity index (χ1n) is 11.9. The lowest BCUT2D eigenvalue weighted by Crippen LogP contribution is -2.12. The summed E-state index contributed by atoms with van der Waals surface area (Å²) in [6, 6.07) is 11.7. The van der Waals surface area contributed by atoms with E-state index in [0.29, 0.717) is 37.1 Å². The monoisotopic (exact) mass is 554 g/mol. The van der Waals surface area contributed by atoms with Crippen molar-refractivity contribution in [3.8, 4) is 28.6 Å². The predicted molar refractivity (Wildman–Crippen MR) is 143 cm³/mol. The number of hydrogen-bond acceptors (Lipinski definition) is 6. The van der Waals surface area contributed by atoms with Crippen LogP contribution in [0.2, 0.25) is 0 Å². The lowest BCUT2D eigenvalue weighted by Gasteiger charge is -2.16. The van der Waals surface area contributed by atoms with Crippen LogP contribution in [0.5, 0.6) is 17.2 Å². The molecule has 0 aliphatic heterocycles. The van der Waals surface area contributed by atoms with Crippen molar-refractivity contribution in [1.29, 1.82) is 0 Å². The van der Waals surface area contributed by atoms with Gasteiger partial charge in [0.05, 0.1) is 16.5 Å². The summed E-state index contributed by atoms with van der Waals surface area (Å²) in [6.45, 7) is 5.20. The van der Waals surface area contributed by atoms with Crippen LogP contribution in [-0.4, -0.2) is 29.8 Å². The van der Waals surface area contributed by atoms with Crippen molar-refractivity contribution < 1.29 is 14.2 Å². The highest BCUT2D eigenvalue weighted by Gasteiger charge is 2.21. The van der Waals surface area contributed by atoms with E-state index in [1.54, 1.807) is 11.3 Å². The summed E-state index contributed by atoms with van der Waals surface area (Å²) in [5.41, 5.74) is 3.05. The first-order valence-corrected chi connectivity index (χ1v) is 13.5. The van der Waals surface area contributed by atoms with Gasteiger partial charge in [-0.05, 0) is 85.3 Å². The average Bonchev–Trinajstić information content (AvgIpc) is 3.23. The van der Waals surface area contributed by atoms with Crippen molar-refractivity contribution in [2.45, 2.75) is 39.5 Å². The lowest BCUT2D eigenvalue weighted by atomic mass is 9.97. The van der Waals surface area contributed by atoms with Gasteiger partial charge in [-0.3, -0.25) is 4.79 Å². The molecular weight excluding hydrogens is 528 g/mol. The third kappa shape index (κ3) is 5.09. The molecule has 1 aliphatic rings. The minimum Gasteiger partial charge on any atom is -0.490 e. The van der Waals surface area contributed by atoms with E-state index < -0.39 is 0 Å². The van der Waals surface area contributed by atoms with Crippen molar-refractivity contribution in [2.75, 3.05) is 19.8 Å². The van der Waals surface area contributed by atoms with Gasteiger partial charge in [-0.1, -0.05) is 17.7 Å². The topological polar surface area (TPSA) is 73.4 Å². The fraction of sp³-hybridized carbons (Fsp3) is 0.333. The second-order valence-electron chi connectivity index (χ2n) is 8.53. The largest absolute Gasteiger partial charge is 0.490 e. The van der Waals surface area contributed by atoms with E-state index in [9.17, 15) is 4.79 Å². The van der Waals surface area contributed by atoms with Crippen molar-refractivity contribution in [3.63, 3.8) is 0 Å². The Morgan fingerprint density at radius 3 is 2.63 bits per heavy atom. The Hall–Kier alpha value is -2.84. The van der Waals surface area contributed by atoms with Crippen LogP contribution in [-0.2, 0) is 12.8 Å². The van der Waals surface area contributed by atoms with Crippen LogP contribution in [0.3, 0.4) is 0 Å². The molecule has 2 aromatic heterocycles. The third-order valence-corrected chi connectivity index (χ3v) is 7.80. The normalized spacial score (nSPS) is 13.0. The number of halogens is 1. The number of rotatable bonds is 8. The van der Waals surface area contributed by atoms with Gasteiger partial charge in [0.1, 0.15) is 29.6 Å². The van der Waals surface area contributed by atoms with Gasteiger partial charge in [0, 0.05) is 10.4 Å². The van der Waals surface area contributed by atoms with E-state index in [-0.39, 0.29) is 5.56 Å². The van der Waals surface area contributed by atoms with Gasteiger partial charge in [0.25, 0.3) is 5.56 Å². The van der Waals surface area contributed by atoms with Crippen LogP contribution in [0.4, 0.5) is 0 Å². The summed E-state index contributed by atoms with van der Waals surface area (Å²) >= 11 is 5.27. The molecule has 4 aromatic rings. The molecule has 0 atom stereocenters. The molecule has 1 aliphatic carbocycles. The van der Waals surface area contributed by atoms with Gasteiger partial charge in [0.2, 0.25) is 0 Å². The fourth-order valence-corrected chi connectivity index (χ4v) is 6.16. The summed E-state index contributed by atoms with van der Waals surface area (Å²) in [5.74, 6) is 2.51. The van der Waals surface area contributed by atoms with Gasteiger partial charge in [-0.25, -0.2) is 4.98 Å². The molecule has 2 heterocycles. The Balaban J connectivity index is 1.39. The average molecular weight is 555 g/mol.